The topological polar surface area (TPSA) is 59.9 Å². The van der Waals surface area contributed by atoms with Crippen molar-refractivity contribution < 1.29 is 0 Å². The molecule has 30 heavy (non-hydrogen) atoms. The first kappa shape index (κ1) is 21.1. The van der Waals surface area contributed by atoms with E-state index in [2.05, 4.69) is 71.6 Å². The average Bonchev–Trinajstić information content (AvgIpc) is 3.50. The number of benzene rings is 1. The fraction of sp³-hybridized carbons (Fsp3) is 0.591. The number of hydrogen-bond acceptors (Lipinski definition) is 6. The molecular formula is C22H33N7S. The molecule has 0 amide bonds. The van der Waals surface area contributed by atoms with Gasteiger partial charge < -0.3 is 15.1 Å². The highest BCUT2D eigenvalue weighted by Crippen LogP contribution is 2.24. The molecule has 2 saturated heterocycles. The molecule has 7 nitrogen and oxygen atoms in total. The van der Waals surface area contributed by atoms with E-state index in [-0.39, 0.29) is 0 Å². The molecule has 1 aromatic heterocycles. The number of rotatable bonds is 6. The Morgan fingerprint density at radius 1 is 1.10 bits per heavy atom. The lowest BCUT2D eigenvalue weighted by Crippen LogP contribution is -2.53. The molecular weight excluding hydrogens is 394 g/mol. The molecule has 1 aromatic carbocycles. The molecule has 3 heterocycles. The largest absolute Gasteiger partial charge is 0.354 e. The van der Waals surface area contributed by atoms with Gasteiger partial charge in [-0.25, -0.2) is 4.98 Å². The Kier molecular flexibility index (Phi) is 7.17. The number of guanidine groups is 1. The van der Waals surface area contributed by atoms with Gasteiger partial charge in [-0.05, 0) is 31.5 Å². The molecule has 1 atom stereocenters. The van der Waals surface area contributed by atoms with Gasteiger partial charge in [0.15, 0.2) is 5.96 Å². The van der Waals surface area contributed by atoms with Gasteiger partial charge in [0.2, 0.25) is 5.13 Å². The first-order chi connectivity index (χ1) is 14.8. The van der Waals surface area contributed by atoms with Crippen LogP contribution in [0.25, 0.3) is 0 Å². The molecule has 2 aliphatic rings. The van der Waals surface area contributed by atoms with Crippen molar-refractivity contribution in [3.63, 3.8) is 0 Å². The number of likely N-dealkylation sites (tertiary alicyclic amines) is 1. The Hall–Kier alpha value is -2.19. The monoisotopic (exact) mass is 427 g/mol. The third-order valence-corrected chi connectivity index (χ3v) is 6.87. The van der Waals surface area contributed by atoms with Crippen LogP contribution in [0.4, 0.5) is 5.13 Å². The molecule has 2 aliphatic heterocycles. The minimum Gasteiger partial charge on any atom is -0.354 e. The number of aliphatic imine (C=N–C) groups is 1. The predicted molar refractivity (Wildman–Crippen MR) is 124 cm³/mol. The highest BCUT2D eigenvalue weighted by Gasteiger charge is 2.26. The molecule has 0 spiro atoms. The third kappa shape index (κ3) is 4.92. The van der Waals surface area contributed by atoms with E-state index >= 15 is 0 Å². The Morgan fingerprint density at radius 2 is 1.83 bits per heavy atom. The van der Waals surface area contributed by atoms with Crippen molar-refractivity contribution in [2.24, 2.45) is 4.99 Å². The van der Waals surface area contributed by atoms with Crippen LogP contribution in [0.2, 0.25) is 0 Å². The second-order valence-electron chi connectivity index (χ2n) is 7.92. The Morgan fingerprint density at radius 3 is 2.47 bits per heavy atom. The van der Waals surface area contributed by atoms with E-state index in [0.29, 0.717) is 6.04 Å². The van der Waals surface area contributed by atoms with Gasteiger partial charge in [0.05, 0.1) is 6.04 Å². The van der Waals surface area contributed by atoms with Gasteiger partial charge in [0.1, 0.15) is 5.82 Å². The minimum absolute atomic E-state index is 0.389. The Labute approximate surface area is 184 Å². The number of aryl methyl sites for hydroxylation is 1. The summed E-state index contributed by atoms with van der Waals surface area (Å²) in [5.41, 5.74) is 1.38. The maximum Gasteiger partial charge on any atom is 0.205 e. The molecule has 1 N–H and O–H groups in total. The summed E-state index contributed by atoms with van der Waals surface area (Å²) in [5.74, 6) is 1.95. The van der Waals surface area contributed by atoms with E-state index in [1.54, 1.807) is 0 Å². The number of nitrogens with one attached hydrogen (secondary N) is 1. The molecule has 162 valence electrons. The van der Waals surface area contributed by atoms with Crippen LogP contribution in [0, 0.1) is 0 Å². The number of nitrogens with zero attached hydrogens (tertiary/aromatic N) is 6. The molecule has 8 heteroatoms. The summed E-state index contributed by atoms with van der Waals surface area (Å²) in [5, 5.41) is 4.72. The van der Waals surface area contributed by atoms with Gasteiger partial charge in [0.25, 0.3) is 0 Å². The summed E-state index contributed by atoms with van der Waals surface area (Å²) in [7, 11) is 1.89. The summed E-state index contributed by atoms with van der Waals surface area (Å²) in [6, 6.07) is 11.3. The van der Waals surface area contributed by atoms with Crippen LogP contribution in [-0.2, 0) is 6.42 Å². The lowest BCUT2D eigenvalue weighted by atomic mass is 10.1. The van der Waals surface area contributed by atoms with Crippen LogP contribution in [0.15, 0.2) is 35.3 Å². The van der Waals surface area contributed by atoms with Gasteiger partial charge in [-0.2, -0.15) is 4.37 Å². The molecule has 1 unspecified atom stereocenters. The zero-order valence-corrected chi connectivity index (χ0v) is 18.9. The Bertz CT molecular complexity index is 808. The zero-order chi connectivity index (χ0) is 20.8. The van der Waals surface area contributed by atoms with Crippen molar-refractivity contribution in [2.75, 3.05) is 57.8 Å². The number of anilines is 1. The van der Waals surface area contributed by atoms with E-state index in [0.717, 1.165) is 56.1 Å². The lowest BCUT2D eigenvalue weighted by Gasteiger charge is -2.37. The minimum atomic E-state index is 0.389. The zero-order valence-electron chi connectivity index (χ0n) is 18.1. The highest BCUT2D eigenvalue weighted by molar-refractivity contribution is 7.09. The molecule has 0 saturated carbocycles. The normalized spacial score (nSPS) is 19.3. The van der Waals surface area contributed by atoms with Crippen LogP contribution in [0.1, 0.15) is 37.2 Å². The lowest BCUT2D eigenvalue weighted by molar-refractivity contribution is 0.243. The van der Waals surface area contributed by atoms with E-state index in [9.17, 15) is 0 Å². The van der Waals surface area contributed by atoms with E-state index in [4.69, 9.17) is 0 Å². The number of piperazine rings is 1. The summed E-state index contributed by atoms with van der Waals surface area (Å²) in [6.45, 7) is 9.14. The maximum atomic E-state index is 4.64. The van der Waals surface area contributed by atoms with E-state index in [1.807, 2.05) is 7.05 Å². The van der Waals surface area contributed by atoms with Gasteiger partial charge in [0, 0.05) is 57.7 Å². The maximum absolute atomic E-state index is 4.64. The highest BCUT2D eigenvalue weighted by atomic mass is 32.1. The van der Waals surface area contributed by atoms with Crippen LogP contribution < -0.4 is 10.2 Å². The summed E-state index contributed by atoms with van der Waals surface area (Å²) in [4.78, 5) is 16.5. The second kappa shape index (κ2) is 10.2. The fourth-order valence-corrected chi connectivity index (χ4v) is 5.13. The molecule has 0 aliphatic carbocycles. The average molecular weight is 428 g/mol. The van der Waals surface area contributed by atoms with Crippen molar-refractivity contribution in [1.82, 2.24) is 24.5 Å². The molecule has 2 fully saturated rings. The van der Waals surface area contributed by atoms with E-state index in [1.165, 1.54) is 43.0 Å². The van der Waals surface area contributed by atoms with Crippen LogP contribution in [0.3, 0.4) is 0 Å². The first-order valence-corrected chi connectivity index (χ1v) is 11.9. The van der Waals surface area contributed by atoms with Gasteiger partial charge in [-0.1, -0.05) is 37.3 Å². The standard InChI is InChI=1S/C22H33N7S/c1-3-20-25-22(30-26-20)29-15-13-28(14-16-29)21(23-2)24-17-19(27-11-7-8-12-27)18-9-5-4-6-10-18/h4-6,9-10,19H,3,7-8,11-17H2,1-2H3,(H,23,24). The van der Waals surface area contributed by atoms with Crippen LogP contribution in [-0.4, -0.2) is 78.0 Å². The van der Waals surface area contributed by atoms with Crippen molar-refractivity contribution >= 4 is 22.6 Å². The van der Waals surface area contributed by atoms with Crippen LogP contribution in [0.5, 0.6) is 0 Å². The summed E-state index contributed by atoms with van der Waals surface area (Å²) >= 11 is 1.52. The predicted octanol–water partition coefficient (Wildman–Crippen LogP) is 2.64. The van der Waals surface area contributed by atoms with Crippen molar-refractivity contribution in [2.45, 2.75) is 32.2 Å². The fourth-order valence-electron chi connectivity index (χ4n) is 4.33. The van der Waals surface area contributed by atoms with Crippen LogP contribution >= 0.6 is 11.5 Å². The first-order valence-electron chi connectivity index (χ1n) is 11.1. The second-order valence-corrected chi connectivity index (χ2v) is 8.65. The number of aromatic nitrogens is 2. The third-order valence-electron chi connectivity index (χ3n) is 6.05. The van der Waals surface area contributed by atoms with E-state index < -0.39 is 0 Å². The summed E-state index contributed by atoms with van der Waals surface area (Å²) < 4.78 is 4.43. The van der Waals surface area contributed by atoms with Crippen molar-refractivity contribution in [3.05, 3.63) is 41.7 Å². The van der Waals surface area contributed by atoms with Crippen molar-refractivity contribution in [1.29, 1.82) is 0 Å². The summed E-state index contributed by atoms with van der Waals surface area (Å²) in [6.07, 6.45) is 3.49. The van der Waals surface area contributed by atoms with Gasteiger partial charge >= 0.3 is 0 Å². The SMILES string of the molecule is CCc1nsc(N2CCN(C(=NC)NCC(c3ccccc3)N3CCCC3)CC2)n1. The van der Waals surface area contributed by atoms with Gasteiger partial charge in [-0.3, -0.25) is 9.89 Å². The molecule has 4 rings (SSSR count). The Balaban J connectivity index is 1.35. The van der Waals surface area contributed by atoms with Gasteiger partial charge in [-0.15, -0.1) is 0 Å². The van der Waals surface area contributed by atoms with Crippen molar-refractivity contribution in [3.8, 4) is 0 Å². The number of hydrogen-bond donors (Lipinski definition) is 1. The molecule has 0 bridgehead atoms. The molecule has 0 radical (unpaired) electrons. The smallest absolute Gasteiger partial charge is 0.205 e. The quantitative estimate of drug-likeness (QED) is 0.565. The molecule has 2 aromatic rings.